The lowest BCUT2D eigenvalue weighted by atomic mass is 10.1. The normalized spacial score (nSPS) is 11.6. The predicted octanol–water partition coefficient (Wildman–Crippen LogP) is 1.06. The first-order chi connectivity index (χ1) is 10.3. The molecule has 6 heteroatoms. The molecule has 0 aliphatic carbocycles. The number of carbonyl (C=O) groups is 1. The van der Waals surface area contributed by atoms with E-state index in [1.807, 2.05) is 0 Å². The lowest BCUT2D eigenvalue weighted by molar-refractivity contribution is -0.870. The summed E-state index contributed by atoms with van der Waals surface area (Å²) in [6, 6.07) is 6.83. The third-order valence-corrected chi connectivity index (χ3v) is 3.41. The second-order valence-electron chi connectivity index (χ2n) is 6.35. The third-order valence-electron chi connectivity index (χ3n) is 3.41. The number of para-hydroxylation sites is 1. The molecule has 0 fully saturated rings. The molecule has 0 saturated heterocycles. The molecular weight excluding hydrogens is 282 g/mol. The van der Waals surface area contributed by atoms with Crippen LogP contribution in [0, 0.1) is 0 Å². The molecule has 0 bridgehead atoms. The fourth-order valence-electron chi connectivity index (χ4n) is 2.28. The number of rotatable bonds is 5. The van der Waals surface area contributed by atoms with E-state index in [1.54, 1.807) is 24.3 Å². The van der Waals surface area contributed by atoms with E-state index in [2.05, 4.69) is 31.4 Å². The highest BCUT2D eigenvalue weighted by Crippen LogP contribution is 2.24. The molecule has 118 valence electrons. The number of nitrogens with one attached hydrogen (secondary N) is 2. The van der Waals surface area contributed by atoms with Crippen LogP contribution in [0.1, 0.15) is 16.8 Å². The highest BCUT2D eigenvalue weighted by molar-refractivity contribution is 6.01. The molecule has 22 heavy (non-hydrogen) atoms. The van der Waals surface area contributed by atoms with Crippen molar-refractivity contribution in [3.05, 3.63) is 40.2 Å². The summed E-state index contributed by atoms with van der Waals surface area (Å²) in [4.78, 5) is 26.8. The van der Waals surface area contributed by atoms with Crippen LogP contribution in [0.15, 0.2) is 29.1 Å². The summed E-state index contributed by atoms with van der Waals surface area (Å²) in [5, 5.41) is 13.3. The first-order valence-corrected chi connectivity index (χ1v) is 7.22. The first kappa shape index (κ1) is 16.0. The molecule has 0 saturated carbocycles. The van der Waals surface area contributed by atoms with Crippen LogP contribution in [0.4, 0.5) is 0 Å². The number of quaternary nitrogens is 1. The zero-order valence-electron chi connectivity index (χ0n) is 13.1. The van der Waals surface area contributed by atoms with Crippen LogP contribution in [0.2, 0.25) is 0 Å². The molecule has 0 aliphatic heterocycles. The Morgan fingerprint density at radius 3 is 2.64 bits per heavy atom. The monoisotopic (exact) mass is 304 g/mol. The van der Waals surface area contributed by atoms with Crippen LogP contribution < -0.4 is 10.9 Å². The number of benzene rings is 1. The fraction of sp³-hybridized carbons (Fsp3) is 0.375. The van der Waals surface area contributed by atoms with Gasteiger partial charge in [0, 0.05) is 18.4 Å². The highest BCUT2D eigenvalue weighted by atomic mass is 16.3. The highest BCUT2D eigenvalue weighted by Gasteiger charge is 2.18. The van der Waals surface area contributed by atoms with Crippen molar-refractivity contribution >= 4 is 16.8 Å². The molecule has 0 aliphatic rings. The Morgan fingerprint density at radius 1 is 1.27 bits per heavy atom. The van der Waals surface area contributed by atoms with Crippen molar-refractivity contribution < 1.29 is 14.4 Å². The average molecular weight is 304 g/mol. The van der Waals surface area contributed by atoms with Gasteiger partial charge in [-0.05, 0) is 12.1 Å². The van der Waals surface area contributed by atoms with Gasteiger partial charge in [0.05, 0.1) is 33.2 Å². The van der Waals surface area contributed by atoms with Gasteiger partial charge in [0.25, 0.3) is 11.5 Å². The molecule has 6 nitrogen and oxygen atoms in total. The zero-order chi connectivity index (χ0) is 16.3. The number of carbonyl (C=O) groups excluding carboxylic acids is 1. The van der Waals surface area contributed by atoms with Gasteiger partial charge in [-0.1, -0.05) is 12.1 Å². The van der Waals surface area contributed by atoms with Crippen LogP contribution in [-0.2, 0) is 0 Å². The Hall–Kier alpha value is -2.34. The van der Waals surface area contributed by atoms with Gasteiger partial charge in [0.2, 0.25) is 0 Å². The van der Waals surface area contributed by atoms with Crippen molar-refractivity contribution in [1.29, 1.82) is 0 Å². The number of nitrogens with zero attached hydrogens (tertiary/aromatic N) is 1. The Labute approximate surface area is 129 Å². The SMILES string of the molecule is C[N+](C)(C)CCCNC(=O)c1c(O)c2ccccc2[nH]c1=O. The van der Waals surface area contributed by atoms with Gasteiger partial charge >= 0.3 is 0 Å². The summed E-state index contributed by atoms with van der Waals surface area (Å²) in [6.45, 7) is 1.36. The van der Waals surface area contributed by atoms with E-state index in [1.165, 1.54) is 0 Å². The largest absolute Gasteiger partial charge is 0.506 e. The van der Waals surface area contributed by atoms with Crippen molar-refractivity contribution in [2.45, 2.75) is 6.42 Å². The lowest BCUT2D eigenvalue weighted by Gasteiger charge is -2.23. The topological polar surface area (TPSA) is 82.2 Å². The van der Waals surface area contributed by atoms with E-state index in [-0.39, 0.29) is 11.3 Å². The summed E-state index contributed by atoms with van der Waals surface area (Å²) in [5.41, 5.74) is -0.309. The van der Waals surface area contributed by atoms with Crippen molar-refractivity contribution in [2.75, 3.05) is 34.2 Å². The molecule has 0 unspecified atom stereocenters. The van der Waals surface area contributed by atoms with Gasteiger partial charge in [-0.3, -0.25) is 9.59 Å². The molecule has 0 radical (unpaired) electrons. The van der Waals surface area contributed by atoms with Gasteiger partial charge in [-0.15, -0.1) is 0 Å². The molecule has 2 rings (SSSR count). The number of pyridine rings is 1. The van der Waals surface area contributed by atoms with E-state index in [9.17, 15) is 14.7 Å². The second-order valence-corrected chi connectivity index (χ2v) is 6.35. The molecule has 0 spiro atoms. The quantitative estimate of drug-likeness (QED) is 0.570. The number of aromatic hydroxyl groups is 1. The average Bonchev–Trinajstić information content (AvgIpc) is 2.42. The summed E-state index contributed by atoms with van der Waals surface area (Å²) in [7, 11) is 6.21. The maximum atomic E-state index is 12.2. The van der Waals surface area contributed by atoms with E-state index < -0.39 is 11.5 Å². The van der Waals surface area contributed by atoms with Gasteiger partial charge in [-0.2, -0.15) is 0 Å². The van der Waals surface area contributed by atoms with E-state index in [4.69, 9.17) is 0 Å². The molecule has 2 aromatic rings. The number of aromatic amines is 1. The molecule has 1 heterocycles. The number of hydrogen-bond acceptors (Lipinski definition) is 3. The molecule has 1 amide bonds. The van der Waals surface area contributed by atoms with Crippen LogP contribution in [0.3, 0.4) is 0 Å². The fourth-order valence-corrected chi connectivity index (χ4v) is 2.28. The summed E-state index contributed by atoms with van der Waals surface area (Å²) < 4.78 is 0.803. The van der Waals surface area contributed by atoms with Gasteiger partial charge < -0.3 is 19.9 Å². The van der Waals surface area contributed by atoms with E-state index >= 15 is 0 Å². The number of hydrogen-bond donors (Lipinski definition) is 3. The van der Waals surface area contributed by atoms with E-state index in [0.717, 1.165) is 17.4 Å². The number of fused-ring (bicyclic) bond motifs is 1. The minimum atomic E-state index is -0.583. The van der Waals surface area contributed by atoms with Crippen LogP contribution in [0.5, 0.6) is 5.75 Å². The number of H-pyrrole nitrogens is 1. The van der Waals surface area contributed by atoms with Gasteiger partial charge in [0.15, 0.2) is 0 Å². The van der Waals surface area contributed by atoms with Gasteiger partial charge in [-0.25, -0.2) is 0 Å². The van der Waals surface area contributed by atoms with Crippen LogP contribution in [0.25, 0.3) is 10.9 Å². The number of aromatic nitrogens is 1. The van der Waals surface area contributed by atoms with Crippen molar-refractivity contribution in [3.8, 4) is 5.75 Å². The molecule has 1 aromatic heterocycles. The first-order valence-electron chi connectivity index (χ1n) is 7.22. The smallest absolute Gasteiger partial charge is 0.265 e. The standard InChI is InChI=1S/C16H21N3O3/c1-19(2,3)10-6-9-17-15(21)13-14(20)11-7-4-5-8-12(11)18-16(13)22/h4-5,7-8H,6,9-10H2,1-3H3,(H2-,17,18,20,21,22)/p+1. The Bertz CT molecular complexity index is 744. The van der Waals surface area contributed by atoms with Crippen molar-refractivity contribution in [1.82, 2.24) is 10.3 Å². The predicted molar refractivity (Wildman–Crippen MR) is 86.1 cm³/mol. The maximum Gasteiger partial charge on any atom is 0.265 e. The Kier molecular flexibility index (Phi) is 4.51. The second kappa shape index (κ2) is 6.19. The minimum Gasteiger partial charge on any atom is -0.506 e. The maximum absolute atomic E-state index is 12.2. The summed E-state index contributed by atoms with van der Waals surface area (Å²) in [5.74, 6) is -0.825. The molecular formula is C16H22N3O3+. The Morgan fingerprint density at radius 2 is 1.95 bits per heavy atom. The van der Waals surface area contributed by atoms with Crippen molar-refractivity contribution in [3.63, 3.8) is 0 Å². The number of amides is 1. The lowest BCUT2D eigenvalue weighted by Crippen LogP contribution is -2.38. The van der Waals surface area contributed by atoms with Gasteiger partial charge in [0.1, 0.15) is 11.3 Å². The molecule has 3 N–H and O–H groups in total. The molecule has 0 atom stereocenters. The third kappa shape index (κ3) is 3.65. The molecule has 1 aromatic carbocycles. The summed E-state index contributed by atoms with van der Waals surface area (Å²) >= 11 is 0. The van der Waals surface area contributed by atoms with Crippen LogP contribution in [-0.4, -0.2) is 54.7 Å². The van der Waals surface area contributed by atoms with Crippen LogP contribution >= 0.6 is 0 Å². The minimum absolute atomic E-state index is 0.232. The Balaban J connectivity index is 2.16. The van der Waals surface area contributed by atoms with E-state index in [0.29, 0.717) is 17.4 Å². The zero-order valence-corrected chi connectivity index (χ0v) is 13.1. The van der Waals surface area contributed by atoms with Crippen molar-refractivity contribution in [2.24, 2.45) is 0 Å². The summed E-state index contributed by atoms with van der Waals surface area (Å²) in [6.07, 6.45) is 0.793.